The predicted octanol–water partition coefficient (Wildman–Crippen LogP) is 1.86. The molecular formula is C14H23FN3S+. The topological polar surface area (TPSA) is 40.7 Å². The lowest BCUT2D eigenvalue weighted by Crippen LogP contribution is -2.94. The highest BCUT2D eigenvalue weighted by Crippen LogP contribution is 2.11. The Kier molecular flexibility index (Phi) is 6.18. The Morgan fingerprint density at radius 3 is 2.63 bits per heavy atom. The molecule has 0 atom stereocenters. The van der Waals surface area contributed by atoms with E-state index in [2.05, 4.69) is 36.7 Å². The van der Waals surface area contributed by atoms with Crippen LogP contribution in [0.1, 0.15) is 27.2 Å². The minimum absolute atomic E-state index is 0.256. The van der Waals surface area contributed by atoms with Crippen molar-refractivity contribution in [2.75, 3.05) is 18.4 Å². The minimum atomic E-state index is -0.298. The zero-order valence-corrected chi connectivity index (χ0v) is 12.6. The third-order valence-corrected chi connectivity index (χ3v) is 2.79. The Labute approximate surface area is 120 Å². The van der Waals surface area contributed by atoms with Gasteiger partial charge in [-0.2, -0.15) is 0 Å². The number of para-hydroxylation sites is 1. The van der Waals surface area contributed by atoms with Gasteiger partial charge in [0.05, 0.1) is 17.8 Å². The van der Waals surface area contributed by atoms with Crippen LogP contribution in [0.3, 0.4) is 0 Å². The standard InChI is InChI=1S/C14H22FN3S/c1-14(2,3)17-10-6-9-16-13(19)18-12-8-5-4-7-11(12)15/h4-5,7-8,17H,6,9-10H2,1-3H3,(H2,16,18,19)/p+1. The Hall–Kier alpha value is -1.20. The highest BCUT2D eigenvalue weighted by Gasteiger charge is 2.11. The van der Waals surface area contributed by atoms with E-state index in [1.807, 2.05) is 0 Å². The van der Waals surface area contributed by atoms with Gasteiger partial charge in [0, 0.05) is 13.0 Å². The number of hydrogen-bond acceptors (Lipinski definition) is 1. The van der Waals surface area contributed by atoms with Gasteiger partial charge in [0.1, 0.15) is 5.82 Å². The van der Waals surface area contributed by atoms with Gasteiger partial charge in [0.25, 0.3) is 0 Å². The van der Waals surface area contributed by atoms with Crippen LogP contribution in [0.5, 0.6) is 0 Å². The molecule has 0 spiro atoms. The molecule has 0 amide bonds. The Balaban J connectivity index is 2.20. The number of halogens is 1. The van der Waals surface area contributed by atoms with Crippen molar-refractivity contribution in [1.29, 1.82) is 0 Å². The van der Waals surface area contributed by atoms with Crippen LogP contribution in [0, 0.1) is 5.82 Å². The summed E-state index contributed by atoms with van der Waals surface area (Å²) in [5.41, 5.74) is 0.660. The van der Waals surface area contributed by atoms with Crippen LogP contribution in [-0.4, -0.2) is 23.7 Å². The number of quaternary nitrogens is 1. The average molecular weight is 284 g/mol. The van der Waals surface area contributed by atoms with Crippen molar-refractivity contribution in [1.82, 2.24) is 5.32 Å². The number of anilines is 1. The molecule has 19 heavy (non-hydrogen) atoms. The second-order valence-electron chi connectivity index (χ2n) is 5.57. The molecule has 0 unspecified atom stereocenters. The van der Waals surface area contributed by atoms with Gasteiger partial charge < -0.3 is 16.0 Å². The largest absolute Gasteiger partial charge is 0.362 e. The number of hydrogen-bond donors (Lipinski definition) is 3. The molecular weight excluding hydrogens is 261 g/mol. The van der Waals surface area contributed by atoms with Crippen molar-refractivity contribution < 1.29 is 9.71 Å². The van der Waals surface area contributed by atoms with Crippen molar-refractivity contribution in [3.05, 3.63) is 30.1 Å². The van der Waals surface area contributed by atoms with Gasteiger partial charge in [-0.3, -0.25) is 0 Å². The molecule has 0 radical (unpaired) electrons. The number of benzene rings is 1. The quantitative estimate of drug-likeness (QED) is 0.571. The molecule has 0 aliphatic heterocycles. The SMILES string of the molecule is CC(C)(C)[NH2+]CCCNC(=S)Nc1ccccc1F. The maximum absolute atomic E-state index is 13.4. The summed E-state index contributed by atoms with van der Waals surface area (Å²) in [6.45, 7) is 8.38. The van der Waals surface area contributed by atoms with Gasteiger partial charge in [0.15, 0.2) is 5.11 Å². The Morgan fingerprint density at radius 1 is 1.32 bits per heavy atom. The molecule has 0 aliphatic carbocycles. The van der Waals surface area contributed by atoms with E-state index in [9.17, 15) is 4.39 Å². The van der Waals surface area contributed by atoms with Gasteiger partial charge in [0.2, 0.25) is 0 Å². The molecule has 4 N–H and O–H groups in total. The first-order chi connectivity index (χ1) is 8.88. The van der Waals surface area contributed by atoms with Crippen LogP contribution < -0.4 is 16.0 Å². The average Bonchev–Trinajstić information content (AvgIpc) is 2.30. The third-order valence-electron chi connectivity index (χ3n) is 2.55. The van der Waals surface area contributed by atoms with Crippen LogP contribution in [0.25, 0.3) is 0 Å². The number of thiocarbonyl (C=S) groups is 1. The first-order valence-corrected chi connectivity index (χ1v) is 6.93. The Morgan fingerprint density at radius 2 is 2.00 bits per heavy atom. The lowest BCUT2D eigenvalue weighted by Gasteiger charge is -2.17. The van der Waals surface area contributed by atoms with Crippen LogP contribution in [0.2, 0.25) is 0 Å². The summed E-state index contributed by atoms with van der Waals surface area (Å²) in [5.74, 6) is -0.298. The zero-order chi connectivity index (χ0) is 14.3. The highest BCUT2D eigenvalue weighted by atomic mass is 32.1. The molecule has 0 aliphatic rings. The molecule has 1 aromatic rings. The molecule has 0 aromatic heterocycles. The van der Waals surface area contributed by atoms with E-state index in [4.69, 9.17) is 12.2 Å². The molecule has 0 saturated heterocycles. The maximum Gasteiger partial charge on any atom is 0.170 e. The van der Waals surface area contributed by atoms with Gasteiger partial charge in [-0.05, 0) is 45.1 Å². The fraction of sp³-hybridized carbons (Fsp3) is 0.500. The van der Waals surface area contributed by atoms with E-state index < -0.39 is 0 Å². The van der Waals surface area contributed by atoms with Crippen molar-refractivity contribution in [3.63, 3.8) is 0 Å². The first-order valence-electron chi connectivity index (χ1n) is 6.52. The zero-order valence-electron chi connectivity index (χ0n) is 11.8. The first kappa shape index (κ1) is 15.9. The molecule has 0 heterocycles. The summed E-state index contributed by atoms with van der Waals surface area (Å²) in [6.07, 6.45) is 1.01. The molecule has 106 valence electrons. The summed E-state index contributed by atoms with van der Waals surface area (Å²) in [7, 11) is 0. The van der Waals surface area contributed by atoms with E-state index >= 15 is 0 Å². The molecule has 3 nitrogen and oxygen atoms in total. The normalized spacial score (nSPS) is 11.2. The molecule has 5 heteroatoms. The fourth-order valence-corrected chi connectivity index (χ4v) is 1.78. The van der Waals surface area contributed by atoms with E-state index in [1.54, 1.807) is 18.2 Å². The van der Waals surface area contributed by atoms with Gasteiger partial charge in [-0.25, -0.2) is 4.39 Å². The fourth-order valence-electron chi connectivity index (χ4n) is 1.57. The maximum atomic E-state index is 13.4. The van der Waals surface area contributed by atoms with Crippen LogP contribution in [0.4, 0.5) is 10.1 Å². The van der Waals surface area contributed by atoms with Crippen molar-refractivity contribution in [2.45, 2.75) is 32.7 Å². The van der Waals surface area contributed by atoms with Crippen molar-refractivity contribution in [3.8, 4) is 0 Å². The monoisotopic (exact) mass is 284 g/mol. The summed E-state index contributed by atoms with van der Waals surface area (Å²) >= 11 is 5.12. The van der Waals surface area contributed by atoms with Crippen LogP contribution in [-0.2, 0) is 0 Å². The van der Waals surface area contributed by atoms with E-state index in [0.29, 0.717) is 10.8 Å². The second kappa shape index (κ2) is 7.40. The van der Waals surface area contributed by atoms with E-state index in [1.165, 1.54) is 6.07 Å². The summed E-state index contributed by atoms with van der Waals surface area (Å²) in [6, 6.07) is 6.49. The van der Waals surface area contributed by atoms with Gasteiger partial charge >= 0.3 is 0 Å². The lowest BCUT2D eigenvalue weighted by atomic mass is 10.1. The Bertz CT molecular complexity index is 415. The lowest BCUT2D eigenvalue weighted by molar-refractivity contribution is -0.717. The van der Waals surface area contributed by atoms with E-state index in [0.717, 1.165) is 19.5 Å². The van der Waals surface area contributed by atoms with Gasteiger partial charge in [-0.15, -0.1) is 0 Å². The summed E-state index contributed by atoms with van der Waals surface area (Å²) in [5, 5.41) is 8.68. The predicted molar refractivity (Wildman–Crippen MR) is 81.8 cm³/mol. The molecule has 0 bridgehead atoms. The molecule has 0 fully saturated rings. The van der Waals surface area contributed by atoms with Crippen molar-refractivity contribution >= 4 is 23.0 Å². The van der Waals surface area contributed by atoms with Gasteiger partial charge in [-0.1, -0.05) is 12.1 Å². The molecule has 1 aromatic carbocycles. The van der Waals surface area contributed by atoms with E-state index in [-0.39, 0.29) is 11.4 Å². The second-order valence-corrected chi connectivity index (χ2v) is 5.98. The van der Waals surface area contributed by atoms with Crippen LogP contribution in [0.15, 0.2) is 24.3 Å². The smallest absolute Gasteiger partial charge is 0.170 e. The highest BCUT2D eigenvalue weighted by molar-refractivity contribution is 7.80. The number of nitrogens with one attached hydrogen (secondary N) is 2. The van der Waals surface area contributed by atoms with Crippen LogP contribution >= 0.6 is 12.2 Å². The number of rotatable bonds is 5. The number of nitrogens with two attached hydrogens (primary N) is 1. The van der Waals surface area contributed by atoms with Crippen molar-refractivity contribution in [2.24, 2.45) is 0 Å². The summed E-state index contributed by atoms with van der Waals surface area (Å²) in [4.78, 5) is 0. The third kappa shape index (κ3) is 7.08. The minimum Gasteiger partial charge on any atom is -0.362 e. The summed E-state index contributed by atoms with van der Waals surface area (Å²) < 4.78 is 13.4. The molecule has 1 rings (SSSR count). The molecule has 0 saturated carbocycles.